The van der Waals surface area contributed by atoms with E-state index in [-0.39, 0.29) is 23.7 Å². The lowest BCUT2D eigenvalue weighted by Gasteiger charge is -2.27. The number of nitrogens with zero attached hydrogens (tertiary/aromatic N) is 1. The summed E-state index contributed by atoms with van der Waals surface area (Å²) in [7, 11) is 2.89. The Morgan fingerprint density at radius 3 is 2.22 bits per heavy atom. The highest BCUT2D eigenvalue weighted by Crippen LogP contribution is 2.43. The van der Waals surface area contributed by atoms with Crippen LogP contribution < -0.4 is 9.64 Å². The number of rotatable bonds is 6. The van der Waals surface area contributed by atoms with Crippen LogP contribution in [0.1, 0.15) is 39.4 Å². The minimum Gasteiger partial charge on any atom is -0.507 e. The molecule has 0 saturated carbocycles. The largest absolute Gasteiger partial charge is 0.507 e. The summed E-state index contributed by atoms with van der Waals surface area (Å²) in [6.45, 7) is 5.57. The van der Waals surface area contributed by atoms with Gasteiger partial charge < -0.3 is 14.6 Å². The predicted molar refractivity (Wildman–Crippen MR) is 141 cm³/mol. The van der Waals surface area contributed by atoms with Crippen molar-refractivity contribution in [2.75, 3.05) is 19.1 Å². The smallest absolute Gasteiger partial charge is 0.309 e. The second-order valence-electron chi connectivity index (χ2n) is 9.08. The molecule has 7 nitrogen and oxygen atoms in total. The van der Waals surface area contributed by atoms with Gasteiger partial charge in [-0.25, -0.2) is 0 Å². The van der Waals surface area contributed by atoms with Crippen LogP contribution in [0.5, 0.6) is 5.75 Å². The molecule has 1 aliphatic heterocycles. The molecule has 1 heterocycles. The molecule has 190 valence electrons. The third-order valence-corrected chi connectivity index (χ3v) is 6.72. The van der Waals surface area contributed by atoms with E-state index in [4.69, 9.17) is 9.47 Å². The lowest BCUT2D eigenvalue weighted by molar-refractivity contribution is -0.139. The topological polar surface area (TPSA) is 93.1 Å². The summed E-state index contributed by atoms with van der Waals surface area (Å²) in [5.74, 6) is -1.45. The van der Waals surface area contributed by atoms with E-state index in [1.807, 2.05) is 45.0 Å². The van der Waals surface area contributed by atoms with Crippen molar-refractivity contribution in [3.63, 3.8) is 0 Å². The third kappa shape index (κ3) is 4.72. The number of hydrogen-bond acceptors (Lipinski definition) is 6. The van der Waals surface area contributed by atoms with Gasteiger partial charge in [0.05, 0.1) is 32.3 Å². The van der Waals surface area contributed by atoms with Crippen LogP contribution in [0.25, 0.3) is 5.76 Å². The molecule has 1 fully saturated rings. The number of ketones is 1. The maximum Gasteiger partial charge on any atom is 0.309 e. The van der Waals surface area contributed by atoms with Gasteiger partial charge in [0, 0.05) is 11.3 Å². The lowest BCUT2D eigenvalue weighted by atomic mass is 9.91. The zero-order valence-electron chi connectivity index (χ0n) is 21.5. The molecular weight excluding hydrogens is 470 g/mol. The van der Waals surface area contributed by atoms with Crippen LogP contribution in [-0.2, 0) is 25.5 Å². The third-order valence-electron chi connectivity index (χ3n) is 6.72. The van der Waals surface area contributed by atoms with E-state index in [1.165, 1.54) is 12.0 Å². The van der Waals surface area contributed by atoms with Crippen LogP contribution in [0.3, 0.4) is 0 Å². The normalized spacial score (nSPS) is 16.7. The average Bonchev–Trinajstić information content (AvgIpc) is 3.15. The number of aryl methyl sites for hydroxylation is 3. The van der Waals surface area contributed by atoms with Crippen molar-refractivity contribution in [2.45, 2.75) is 33.2 Å². The number of amides is 1. The molecule has 37 heavy (non-hydrogen) atoms. The van der Waals surface area contributed by atoms with Crippen LogP contribution >= 0.6 is 0 Å². The number of carbonyl (C=O) groups is 3. The standard InChI is InChI=1S/C30H29NO6/c1-17-8-6-7-9-22(17)27-26(28(33)23-14-19(3)24(36-4)15-18(23)2)29(34)30(35)31(27)21-12-10-20(11-13-21)16-25(32)37-5/h6-15,27,33H,16H2,1-5H3/b28-26+. The Morgan fingerprint density at radius 1 is 0.919 bits per heavy atom. The first-order chi connectivity index (χ1) is 17.7. The number of anilines is 1. The van der Waals surface area contributed by atoms with Gasteiger partial charge in [-0.15, -0.1) is 0 Å². The number of Topliss-reactive ketones (excluding diaryl/α,β-unsaturated/α-hetero) is 1. The molecule has 0 aromatic heterocycles. The van der Waals surface area contributed by atoms with E-state index in [9.17, 15) is 19.5 Å². The molecule has 3 aromatic carbocycles. The number of methoxy groups -OCH3 is 2. The Labute approximate surface area is 215 Å². The molecule has 0 radical (unpaired) electrons. The van der Waals surface area contributed by atoms with Gasteiger partial charge in [0.1, 0.15) is 11.5 Å². The van der Waals surface area contributed by atoms with Gasteiger partial charge in [0.15, 0.2) is 0 Å². The van der Waals surface area contributed by atoms with E-state index in [0.717, 1.165) is 16.7 Å². The quantitative estimate of drug-likeness (QED) is 0.223. The molecule has 0 aliphatic carbocycles. The van der Waals surface area contributed by atoms with Crippen molar-refractivity contribution >= 4 is 29.1 Å². The summed E-state index contributed by atoms with van der Waals surface area (Å²) >= 11 is 0. The molecule has 1 atom stereocenters. The molecule has 1 aliphatic rings. The maximum atomic E-state index is 13.5. The molecular formula is C30H29NO6. The molecule has 0 spiro atoms. The molecule has 1 N–H and O–H groups in total. The first kappa shape index (κ1) is 25.7. The number of esters is 1. The molecule has 1 unspecified atom stereocenters. The summed E-state index contributed by atoms with van der Waals surface area (Å²) in [6, 6.07) is 17.0. The number of ether oxygens (including phenoxy) is 2. The molecule has 1 saturated heterocycles. The maximum absolute atomic E-state index is 13.5. The van der Waals surface area contributed by atoms with Crippen LogP contribution in [0.4, 0.5) is 5.69 Å². The molecule has 7 heteroatoms. The number of hydrogen-bond donors (Lipinski definition) is 1. The first-order valence-electron chi connectivity index (χ1n) is 11.9. The highest BCUT2D eigenvalue weighted by molar-refractivity contribution is 6.51. The zero-order valence-corrected chi connectivity index (χ0v) is 21.5. The van der Waals surface area contributed by atoms with Crippen molar-refractivity contribution < 1.29 is 29.0 Å². The Balaban J connectivity index is 1.90. The van der Waals surface area contributed by atoms with Crippen LogP contribution in [0.2, 0.25) is 0 Å². The Hall–Kier alpha value is -4.39. The van der Waals surface area contributed by atoms with E-state index in [1.54, 1.807) is 43.5 Å². The van der Waals surface area contributed by atoms with Crippen LogP contribution in [0.15, 0.2) is 66.2 Å². The van der Waals surface area contributed by atoms with Crippen LogP contribution in [-0.4, -0.2) is 37.0 Å². The van der Waals surface area contributed by atoms with E-state index in [2.05, 4.69) is 0 Å². The minimum atomic E-state index is -0.838. The number of aliphatic hydroxyl groups excluding tert-OH is 1. The van der Waals surface area contributed by atoms with Gasteiger partial charge in [0.25, 0.3) is 11.7 Å². The Morgan fingerprint density at radius 2 is 1.59 bits per heavy atom. The van der Waals surface area contributed by atoms with Crippen molar-refractivity contribution in [3.05, 3.63) is 99.6 Å². The second-order valence-corrected chi connectivity index (χ2v) is 9.08. The number of carbonyl (C=O) groups excluding carboxylic acids is 3. The van der Waals surface area contributed by atoms with E-state index < -0.39 is 17.7 Å². The highest BCUT2D eigenvalue weighted by Gasteiger charge is 2.47. The van der Waals surface area contributed by atoms with Crippen molar-refractivity contribution in [3.8, 4) is 5.75 Å². The summed E-state index contributed by atoms with van der Waals surface area (Å²) in [5.41, 5.74) is 4.77. The first-order valence-corrected chi connectivity index (χ1v) is 11.9. The predicted octanol–water partition coefficient (Wildman–Crippen LogP) is 4.96. The summed E-state index contributed by atoms with van der Waals surface area (Å²) in [5, 5.41) is 11.5. The lowest BCUT2D eigenvalue weighted by Crippen LogP contribution is -2.29. The number of benzene rings is 3. The zero-order chi connectivity index (χ0) is 26.9. The minimum absolute atomic E-state index is 0.0191. The van der Waals surface area contributed by atoms with Gasteiger partial charge >= 0.3 is 5.97 Å². The van der Waals surface area contributed by atoms with Crippen molar-refractivity contribution in [1.82, 2.24) is 0 Å². The fourth-order valence-corrected chi connectivity index (χ4v) is 4.71. The molecule has 3 aromatic rings. The molecule has 4 rings (SSSR count). The van der Waals surface area contributed by atoms with Gasteiger partial charge in [0.2, 0.25) is 0 Å². The fourth-order valence-electron chi connectivity index (χ4n) is 4.71. The number of aliphatic hydroxyl groups is 1. The van der Waals surface area contributed by atoms with Gasteiger partial charge in [-0.1, -0.05) is 36.4 Å². The summed E-state index contributed by atoms with van der Waals surface area (Å²) in [6.07, 6.45) is 0.0902. The van der Waals surface area contributed by atoms with Crippen molar-refractivity contribution in [2.24, 2.45) is 0 Å². The Kier molecular flexibility index (Phi) is 7.16. The summed E-state index contributed by atoms with van der Waals surface area (Å²) in [4.78, 5) is 40.0. The van der Waals surface area contributed by atoms with E-state index in [0.29, 0.717) is 28.1 Å². The van der Waals surface area contributed by atoms with Gasteiger partial charge in [-0.3, -0.25) is 19.3 Å². The van der Waals surface area contributed by atoms with Gasteiger partial charge in [-0.05, 0) is 72.9 Å². The van der Waals surface area contributed by atoms with Crippen molar-refractivity contribution in [1.29, 1.82) is 0 Å². The molecule has 1 amide bonds. The highest BCUT2D eigenvalue weighted by atomic mass is 16.5. The Bertz CT molecular complexity index is 1420. The van der Waals surface area contributed by atoms with Crippen LogP contribution in [0, 0.1) is 20.8 Å². The summed E-state index contributed by atoms with van der Waals surface area (Å²) < 4.78 is 10.1. The average molecular weight is 500 g/mol. The fraction of sp³-hybridized carbons (Fsp3) is 0.233. The second kappa shape index (κ2) is 10.3. The molecule has 0 bridgehead atoms. The van der Waals surface area contributed by atoms with Gasteiger partial charge in [-0.2, -0.15) is 0 Å². The van der Waals surface area contributed by atoms with E-state index >= 15 is 0 Å². The SMILES string of the molecule is COC(=O)Cc1ccc(N2C(=O)C(=O)/C(=C(/O)c3cc(C)c(OC)cc3C)C2c2ccccc2C)cc1. The monoisotopic (exact) mass is 499 g/mol.